The molecule has 1 aliphatic rings. The average Bonchev–Trinajstić information content (AvgIpc) is 3.32. The molecule has 1 aliphatic heterocycles. The highest BCUT2D eigenvalue weighted by Crippen LogP contribution is 2.25. The molecule has 2 N–H and O–H groups in total. The van der Waals surface area contributed by atoms with Crippen LogP contribution >= 0.6 is 11.3 Å². The highest BCUT2D eigenvalue weighted by atomic mass is 32.1. The van der Waals surface area contributed by atoms with Gasteiger partial charge in [-0.05, 0) is 35.7 Å². The summed E-state index contributed by atoms with van der Waals surface area (Å²) in [6.45, 7) is 4.29. The lowest BCUT2D eigenvalue weighted by Gasteiger charge is -2.06. The maximum atomic E-state index is 12.2. The van der Waals surface area contributed by atoms with Gasteiger partial charge in [-0.3, -0.25) is 4.79 Å². The highest BCUT2D eigenvalue weighted by Gasteiger charge is 2.13. The number of amides is 1. The first-order valence-electron chi connectivity index (χ1n) is 8.27. The molecule has 0 saturated carbocycles. The minimum absolute atomic E-state index is 0.0221. The van der Waals surface area contributed by atoms with Crippen LogP contribution in [0.3, 0.4) is 0 Å². The molecular formula is C19H19N3O2S. The number of benzene rings is 1. The van der Waals surface area contributed by atoms with E-state index in [0.29, 0.717) is 6.54 Å². The van der Waals surface area contributed by atoms with E-state index in [2.05, 4.69) is 33.8 Å². The lowest BCUT2D eigenvalue weighted by Crippen LogP contribution is -2.24. The summed E-state index contributed by atoms with van der Waals surface area (Å²) < 4.78 is 5.57. The Morgan fingerprint density at radius 2 is 2.16 bits per heavy atom. The van der Waals surface area contributed by atoms with Crippen LogP contribution in [-0.4, -0.2) is 10.9 Å². The zero-order chi connectivity index (χ0) is 17.2. The highest BCUT2D eigenvalue weighted by molar-refractivity contribution is 7.13. The van der Waals surface area contributed by atoms with E-state index in [4.69, 9.17) is 4.42 Å². The van der Waals surface area contributed by atoms with Crippen LogP contribution in [0.2, 0.25) is 0 Å². The van der Waals surface area contributed by atoms with E-state index in [1.54, 1.807) is 0 Å². The number of furan rings is 1. The van der Waals surface area contributed by atoms with Crippen molar-refractivity contribution in [1.29, 1.82) is 0 Å². The van der Waals surface area contributed by atoms with E-state index < -0.39 is 0 Å². The minimum Gasteiger partial charge on any atom is -0.459 e. The molecule has 5 nitrogen and oxygen atoms in total. The number of fused-ring (bicyclic) bond motifs is 1. The van der Waals surface area contributed by atoms with Crippen molar-refractivity contribution in [3.05, 3.63) is 63.9 Å². The monoisotopic (exact) mass is 353 g/mol. The van der Waals surface area contributed by atoms with Gasteiger partial charge in [-0.25, -0.2) is 4.98 Å². The molecule has 1 aromatic carbocycles. The van der Waals surface area contributed by atoms with Gasteiger partial charge in [-0.1, -0.05) is 18.2 Å². The van der Waals surface area contributed by atoms with Gasteiger partial charge in [-0.2, -0.15) is 0 Å². The van der Waals surface area contributed by atoms with Crippen LogP contribution in [0, 0.1) is 6.92 Å². The van der Waals surface area contributed by atoms with Crippen molar-refractivity contribution < 1.29 is 9.21 Å². The van der Waals surface area contributed by atoms with Crippen LogP contribution in [-0.2, 0) is 30.8 Å². The molecule has 0 saturated heterocycles. The largest absolute Gasteiger partial charge is 0.459 e. The molecule has 0 atom stereocenters. The number of hydrogen-bond donors (Lipinski definition) is 2. The molecule has 2 aromatic heterocycles. The fourth-order valence-corrected chi connectivity index (χ4v) is 3.72. The number of carbonyl (C=O) groups is 1. The van der Waals surface area contributed by atoms with Crippen molar-refractivity contribution in [3.8, 4) is 10.8 Å². The van der Waals surface area contributed by atoms with Crippen LogP contribution in [0.4, 0.5) is 0 Å². The molecule has 1 amide bonds. The number of aryl methyl sites for hydroxylation is 1. The molecule has 0 bridgehead atoms. The Kier molecular flexibility index (Phi) is 4.38. The number of aromatic nitrogens is 1. The summed E-state index contributed by atoms with van der Waals surface area (Å²) in [5, 5.41) is 9.02. The second kappa shape index (κ2) is 6.82. The Labute approximate surface area is 150 Å². The van der Waals surface area contributed by atoms with Crippen molar-refractivity contribution in [2.45, 2.75) is 33.0 Å². The zero-order valence-electron chi connectivity index (χ0n) is 14.0. The Hall–Kier alpha value is -2.44. The summed E-state index contributed by atoms with van der Waals surface area (Å²) >= 11 is 1.49. The SMILES string of the molecule is Cc1ccc(-c2nc(CC(=O)NCc3ccc4c(c3)CNC4)cs2)o1. The summed E-state index contributed by atoms with van der Waals surface area (Å²) in [5.41, 5.74) is 4.56. The van der Waals surface area contributed by atoms with E-state index in [1.165, 1.54) is 22.5 Å². The Morgan fingerprint density at radius 1 is 1.28 bits per heavy atom. The Morgan fingerprint density at radius 3 is 3.00 bits per heavy atom. The number of rotatable bonds is 5. The second-order valence-corrected chi connectivity index (χ2v) is 7.07. The van der Waals surface area contributed by atoms with Crippen LogP contribution in [0.5, 0.6) is 0 Å². The fraction of sp³-hybridized carbons (Fsp3) is 0.263. The molecule has 0 radical (unpaired) electrons. The van der Waals surface area contributed by atoms with E-state index in [1.807, 2.05) is 24.4 Å². The van der Waals surface area contributed by atoms with Gasteiger partial charge in [0.1, 0.15) is 5.76 Å². The number of hydrogen-bond acceptors (Lipinski definition) is 5. The number of thiazole rings is 1. The van der Waals surface area contributed by atoms with E-state index in [9.17, 15) is 4.79 Å². The molecule has 128 valence electrons. The van der Waals surface area contributed by atoms with Gasteiger partial charge in [0.2, 0.25) is 5.91 Å². The standard InChI is InChI=1S/C19H19N3O2S/c1-12-2-5-17(24-12)19-22-16(11-25-19)7-18(23)21-8-13-3-4-14-9-20-10-15(14)6-13/h2-6,11,20H,7-10H2,1H3,(H,21,23). The Balaban J connectivity index is 1.34. The third-order valence-electron chi connectivity index (χ3n) is 4.24. The molecule has 3 heterocycles. The number of nitrogens with one attached hydrogen (secondary N) is 2. The lowest BCUT2D eigenvalue weighted by atomic mass is 10.1. The third kappa shape index (κ3) is 3.65. The summed E-state index contributed by atoms with van der Waals surface area (Å²) in [7, 11) is 0. The fourth-order valence-electron chi connectivity index (χ4n) is 2.94. The number of carbonyl (C=O) groups excluding carboxylic acids is 1. The van der Waals surface area contributed by atoms with Gasteiger partial charge < -0.3 is 15.1 Å². The average molecular weight is 353 g/mol. The van der Waals surface area contributed by atoms with Crippen LogP contribution < -0.4 is 10.6 Å². The predicted molar refractivity (Wildman–Crippen MR) is 97.1 cm³/mol. The predicted octanol–water partition coefficient (Wildman–Crippen LogP) is 3.17. The molecule has 0 unspecified atom stereocenters. The van der Waals surface area contributed by atoms with Gasteiger partial charge in [0.25, 0.3) is 0 Å². The summed E-state index contributed by atoms with van der Waals surface area (Å²) in [4.78, 5) is 16.7. The third-order valence-corrected chi connectivity index (χ3v) is 5.14. The molecule has 25 heavy (non-hydrogen) atoms. The van der Waals surface area contributed by atoms with E-state index >= 15 is 0 Å². The summed E-state index contributed by atoms with van der Waals surface area (Å²) in [6, 6.07) is 10.2. The van der Waals surface area contributed by atoms with Gasteiger partial charge >= 0.3 is 0 Å². The Bertz CT molecular complexity index is 913. The first-order chi connectivity index (χ1) is 12.2. The molecule has 0 fully saturated rings. The maximum Gasteiger partial charge on any atom is 0.226 e. The second-order valence-electron chi connectivity index (χ2n) is 6.21. The van der Waals surface area contributed by atoms with Crippen molar-refractivity contribution in [1.82, 2.24) is 15.6 Å². The molecule has 6 heteroatoms. The lowest BCUT2D eigenvalue weighted by molar-refractivity contribution is -0.120. The number of nitrogens with zero attached hydrogens (tertiary/aromatic N) is 1. The van der Waals surface area contributed by atoms with Crippen molar-refractivity contribution in [2.75, 3.05) is 0 Å². The molecule has 0 aliphatic carbocycles. The van der Waals surface area contributed by atoms with Gasteiger partial charge in [0.15, 0.2) is 10.8 Å². The van der Waals surface area contributed by atoms with Crippen LogP contribution in [0.1, 0.15) is 28.1 Å². The zero-order valence-corrected chi connectivity index (χ0v) is 14.8. The van der Waals surface area contributed by atoms with Crippen LogP contribution in [0.15, 0.2) is 40.1 Å². The summed E-state index contributed by atoms with van der Waals surface area (Å²) in [6.07, 6.45) is 0.280. The molecule has 0 spiro atoms. The molecule has 4 rings (SSSR count). The topological polar surface area (TPSA) is 67.2 Å². The molecular weight excluding hydrogens is 334 g/mol. The first kappa shape index (κ1) is 16.1. The normalized spacial score (nSPS) is 13.0. The van der Waals surface area contributed by atoms with Crippen molar-refractivity contribution in [3.63, 3.8) is 0 Å². The van der Waals surface area contributed by atoms with E-state index in [0.717, 1.165) is 40.9 Å². The molecule has 3 aromatic rings. The quantitative estimate of drug-likeness (QED) is 0.739. The van der Waals surface area contributed by atoms with Gasteiger partial charge in [0, 0.05) is 25.0 Å². The van der Waals surface area contributed by atoms with Crippen LogP contribution in [0.25, 0.3) is 10.8 Å². The van der Waals surface area contributed by atoms with Crippen molar-refractivity contribution in [2.24, 2.45) is 0 Å². The first-order valence-corrected chi connectivity index (χ1v) is 9.14. The van der Waals surface area contributed by atoms with Gasteiger partial charge in [-0.15, -0.1) is 11.3 Å². The van der Waals surface area contributed by atoms with Gasteiger partial charge in [0.05, 0.1) is 12.1 Å². The van der Waals surface area contributed by atoms with E-state index in [-0.39, 0.29) is 12.3 Å². The minimum atomic E-state index is -0.0221. The maximum absolute atomic E-state index is 12.2. The van der Waals surface area contributed by atoms with Crippen molar-refractivity contribution >= 4 is 17.2 Å². The smallest absolute Gasteiger partial charge is 0.226 e. The summed E-state index contributed by atoms with van der Waals surface area (Å²) in [5.74, 6) is 1.58.